The second kappa shape index (κ2) is 4.60. The van der Waals surface area contributed by atoms with Gasteiger partial charge in [-0.3, -0.25) is 0 Å². The van der Waals surface area contributed by atoms with E-state index >= 15 is 0 Å². The van der Waals surface area contributed by atoms with Crippen molar-refractivity contribution >= 4 is 32.7 Å². The van der Waals surface area contributed by atoms with Gasteiger partial charge in [-0.2, -0.15) is 0 Å². The average Bonchev–Trinajstić information content (AvgIpc) is 3.23. The highest BCUT2D eigenvalue weighted by atomic mass is 79.9. The largest absolute Gasteiger partial charge is 0.398 e. The van der Waals surface area contributed by atoms with Crippen LogP contribution in [0.25, 0.3) is 22.4 Å². The molecular weight excluding hydrogens is 326 g/mol. The molecular formula is C17H16BrN3. The van der Waals surface area contributed by atoms with E-state index in [1.165, 1.54) is 18.4 Å². The second-order valence-electron chi connectivity index (χ2n) is 5.69. The molecule has 0 bridgehead atoms. The maximum absolute atomic E-state index is 6.07. The SMILES string of the molecule is Cc1c(N)cccc1-c1nc2cc(Br)ccc2n1C1CC1. The molecule has 0 unspecified atom stereocenters. The molecule has 4 rings (SSSR count). The van der Waals surface area contributed by atoms with Crippen molar-refractivity contribution < 1.29 is 0 Å². The zero-order valence-electron chi connectivity index (χ0n) is 11.8. The normalized spacial score (nSPS) is 14.8. The Kier molecular flexibility index (Phi) is 2.82. The van der Waals surface area contributed by atoms with Gasteiger partial charge in [0.15, 0.2) is 0 Å². The molecule has 1 aromatic heterocycles. The molecule has 0 spiro atoms. The van der Waals surface area contributed by atoms with Gasteiger partial charge in [-0.15, -0.1) is 0 Å². The molecule has 0 aliphatic heterocycles. The van der Waals surface area contributed by atoms with Gasteiger partial charge < -0.3 is 10.3 Å². The first-order valence-electron chi connectivity index (χ1n) is 7.18. The van der Waals surface area contributed by atoms with Crippen molar-refractivity contribution in [1.29, 1.82) is 0 Å². The van der Waals surface area contributed by atoms with Gasteiger partial charge in [-0.05, 0) is 49.6 Å². The predicted molar refractivity (Wildman–Crippen MR) is 90.3 cm³/mol. The molecule has 0 atom stereocenters. The summed E-state index contributed by atoms with van der Waals surface area (Å²) < 4.78 is 3.44. The summed E-state index contributed by atoms with van der Waals surface area (Å²) in [4.78, 5) is 4.88. The van der Waals surface area contributed by atoms with Crippen LogP contribution in [0.1, 0.15) is 24.4 Å². The van der Waals surface area contributed by atoms with E-state index in [1.54, 1.807) is 0 Å². The Labute approximate surface area is 131 Å². The molecule has 2 aromatic carbocycles. The van der Waals surface area contributed by atoms with Crippen molar-refractivity contribution in [1.82, 2.24) is 9.55 Å². The topological polar surface area (TPSA) is 43.8 Å². The summed E-state index contributed by atoms with van der Waals surface area (Å²) in [7, 11) is 0. The van der Waals surface area contributed by atoms with Crippen LogP contribution in [0.3, 0.4) is 0 Å². The lowest BCUT2D eigenvalue weighted by atomic mass is 10.1. The summed E-state index contributed by atoms with van der Waals surface area (Å²) in [6, 6.07) is 12.9. The Bertz CT molecular complexity index is 847. The van der Waals surface area contributed by atoms with E-state index < -0.39 is 0 Å². The zero-order chi connectivity index (χ0) is 14.6. The first kappa shape index (κ1) is 12.9. The summed E-state index contributed by atoms with van der Waals surface area (Å²) in [6.07, 6.45) is 2.46. The Hall–Kier alpha value is -1.81. The number of imidazole rings is 1. The molecule has 21 heavy (non-hydrogen) atoms. The molecule has 2 N–H and O–H groups in total. The monoisotopic (exact) mass is 341 g/mol. The molecule has 1 saturated carbocycles. The van der Waals surface area contributed by atoms with E-state index in [2.05, 4.69) is 51.7 Å². The van der Waals surface area contributed by atoms with Crippen LogP contribution in [0, 0.1) is 6.92 Å². The van der Waals surface area contributed by atoms with Crippen LogP contribution in [0.15, 0.2) is 40.9 Å². The molecule has 0 radical (unpaired) electrons. The van der Waals surface area contributed by atoms with E-state index in [9.17, 15) is 0 Å². The first-order chi connectivity index (χ1) is 10.1. The fourth-order valence-electron chi connectivity index (χ4n) is 2.86. The Balaban J connectivity index is 2.03. The minimum absolute atomic E-state index is 0.576. The fraction of sp³-hybridized carbons (Fsp3) is 0.235. The average molecular weight is 342 g/mol. The highest BCUT2D eigenvalue weighted by molar-refractivity contribution is 9.10. The van der Waals surface area contributed by atoms with Crippen LogP contribution in [-0.2, 0) is 0 Å². The lowest BCUT2D eigenvalue weighted by Crippen LogP contribution is -2.00. The summed E-state index contributed by atoms with van der Waals surface area (Å²) in [5, 5.41) is 0. The van der Waals surface area contributed by atoms with E-state index in [0.717, 1.165) is 32.6 Å². The fourth-order valence-corrected chi connectivity index (χ4v) is 3.21. The number of anilines is 1. The van der Waals surface area contributed by atoms with Gasteiger partial charge >= 0.3 is 0 Å². The smallest absolute Gasteiger partial charge is 0.141 e. The number of nitrogens with zero attached hydrogens (tertiary/aromatic N) is 2. The van der Waals surface area contributed by atoms with Crippen LogP contribution in [0.2, 0.25) is 0 Å². The van der Waals surface area contributed by atoms with Crippen LogP contribution in [0.4, 0.5) is 5.69 Å². The van der Waals surface area contributed by atoms with Crippen molar-refractivity contribution in [2.45, 2.75) is 25.8 Å². The number of nitrogens with two attached hydrogens (primary N) is 1. The van der Waals surface area contributed by atoms with Gasteiger partial charge in [0.25, 0.3) is 0 Å². The molecule has 0 saturated heterocycles. The quantitative estimate of drug-likeness (QED) is 0.687. The zero-order valence-corrected chi connectivity index (χ0v) is 13.4. The third-order valence-electron chi connectivity index (χ3n) is 4.18. The number of fused-ring (bicyclic) bond motifs is 1. The van der Waals surface area contributed by atoms with Crippen molar-refractivity contribution in [2.75, 3.05) is 5.73 Å². The summed E-state index contributed by atoms with van der Waals surface area (Å²) in [6.45, 7) is 2.07. The number of rotatable bonds is 2. The Morgan fingerprint density at radius 1 is 1.24 bits per heavy atom. The van der Waals surface area contributed by atoms with Crippen LogP contribution in [0.5, 0.6) is 0 Å². The molecule has 1 fully saturated rings. The van der Waals surface area contributed by atoms with Gasteiger partial charge in [-0.25, -0.2) is 4.98 Å². The molecule has 1 heterocycles. The van der Waals surface area contributed by atoms with Crippen LogP contribution in [-0.4, -0.2) is 9.55 Å². The van der Waals surface area contributed by atoms with Gasteiger partial charge in [-0.1, -0.05) is 28.1 Å². The molecule has 1 aliphatic rings. The van der Waals surface area contributed by atoms with Crippen molar-refractivity contribution in [2.24, 2.45) is 0 Å². The van der Waals surface area contributed by atoms with Crippen molar-refractivity contribution in [3.63, 3.8) is 0 Å². The van der Waals surface area contributed by atoms with Crippen molar-refractivity contribution in [3.05, 3.63) is 46.4 Å². The minimum Gasteiger partial charge on any atom is -0.398 e. The Morgan fingerprint density at radius 2 is 2.05 bits per heavy atom. The van der Waals surface area contributed by atoms with Gasteiger partial charge in [0.2, 0.25) is 0 Å². The van der Waals surface area contributed by atoms with Gasteiger partial charge in [0.1, 0.15) is 5.82 Å². The highest BCUT2D eigenvalue weighted by Crippen LogP contribution is 2.42. The third kappa shape index (κ3) is 2.05. The van der Waals surface area contributed by atoms with Gasteiger partial charge in [0.05, 0.1) is 11.0 Å². The minimum atomic E-state index is 0.576. The van der Waals surface area contributed by atoms with E-state index in [4.69, 9.17) is 10.7 Å². The highest BCUT2D eigenvalue weighted by Gasteiger charge is 2.29. The first-order valence-corrected chi connectivity index (χ1v) is 7.97. The van der Waals surface area contributed by atoms with E-state index in [1.807, 2.05) is 12.1 Å². The lowest BCUT2D eigenvalue weighted by molar-refractivity contribution is 0.775. The number of nitrogen functional groups attached to an aromatic ring is 1. The summed E-state index contributed by atoms with van der Waals surface area (Å²) in [5.41, 5.74) is 11.4. The van der Waals surface area contributed by atoms with E-state index in [0.29, 0.717) is 6.04 Å². The standard InChI is InChI=1S/C17H16BrN3/c1-10-13(3-2-4-14(10)19)17-20-15-9-11(18)5-8-16(15)21(17)12-6-7-12/h2-5,8-9,12H,6-7,19H2,1H3. The molecule has 1 aliphatic carbocycles. The number of benzene rings is 2. The van der Waals surface area contributed by atoms with Crippen molar-refractivity contribution in [3.8, 4) is 11.4 Å². The maximum atomic E-state index is 6.07. The predicted octanol–water partition coefficient (Wildman–Crippen LogP) is 4.69. The number of hydrogen-bond donors (Lipinski definition) is 1. The summed E-state index contributed by atoms with van der Waals surface area (Å²) >= 11 is 3.53. The van der Waals surface area contributed by atoms with Crippen LogP contribution < -0.4 is 5.73 Å². The van der Waals surface area contributed by atoms with Gasteiger partial charge in [0, 0.05) is 21.8 Å². The number of aromatic nitrogens is 2. The molecule has 0 amide bonds. The van der Waals surface area contributed by atoms with Crippen LogP contribution >= 0.6 is 15.9 Å². The second-order valence-corrected chi connectivity index (χ2v) is 6.61. The third-order valence-corrected chi connectivity index (χ3v) is 4.67. The molecule has 4 heteroatoms. The molecule has 3 nitrogen and oxygen atoms in total. The Morgan fingerprint density at radius 3 is 2.81 bits per heavy atom. The molecule has 106 valence electrons. The number of hydrogen-bond acceptors (Lipinski definition) is 2. The molecule has 3 aromatic rings. The summed E-state index contributed by atoms with van der Waals surface area (Å²) in [5.74, 6) is 1.04. The lowest BCUT2D eigenvalue weighted by Gasteiger charge is -2.11. The van der Waals surface area contributed by atoms with E-state index in [-0.39, 0.29) is 0 Å². The number of halogens is 1. The maximum Gasteiger partial charge on any atom is 0.141 e.